The van der Waals surface area contributed by atoms with Crippen molar-refractivity contribution >= 4 is 59.5 Å². The predicted octanol–water partition coefficient (Wildman–Crippen LogP) is 12.3. The molecular formula is C43H26N2OS. The van der Waals surface area contributed by atoms with Crippen molar-refractivity contribution in [3.8, 4) is 44.5 Å². The third-order valence-corrected chi connectivity index (χ3v) is 10.3. The van der Waals surface area contributed by atoms with Gasteiger partial charge >= 0.3 is 0 Å². The van der Waals surface area contributed by atoms with E-state index >= 15 is 0 Å². The van der Waals surface area contributed by atoms with Gasteiger partial charge in [-0.25, -0.2) is 4.98 Å². The van der Waals surface area contributed by atoms with E-state index in [2.05, 4.69) is 150 Å². The Bertz CT molecular complexity index is 2800. The quantitative estimate of drug-likeness (QED) is 0.196. The van der Waals surface area contributed by atoms with E-state index in [1.807, 2.05) is 12.1 Å². The van der Waals surface area contributed by atoms with Gasteiger partial charge in [-0.15, -0.1) is 0 Å². The van der Waals surface area contributed by atoms with Gasteiger partial charge in [0.05, 0.1) is 21.3 Å². The molecule has 0 spiro atoms. The monoisotopic (exact) mass is 618 g/mol. The van der Waals surface area contributed by atoms with E-state index in [0.29, 0.717) is 0 Å². The molecule has 220 valence electrons. The van der Waals surface area contributed by atoms with Gasteiger partial charge in [-0.2, -0.15) is 0 Å². The number of rotatable bonds is 4. The molecule has 10 aromatic rings. The van der Waals surface area contributed by atoms with Crippen LogP contribution in [0.3, 0.4) is 0 Å². The molecule has 0 radical (unpaired) electrons. The minimum atomic E-state index is 0.912. The molecule has 4 heteroatoms. The maximum Gasteiger partial charge on any atom is 0.195 e. The molecule has 0 saturated carbocycles. The van der Waals surface area contributed by atoms with Crippen molar-refractivity contribution in [2.24, 2.45) is 0 Å². The standard InChI is InChI=1S/C43H26N2OS/c1-2-8-27(9-3-1)28-10-6-11-29(22-28)30-12-7-13-31(23-30)33-16-19-37-38(25-33)45-39-26-34(18-21-42(39)47-43(45)44-37)32-17-20-41-36(24-32)35-14-4-5-15-40(35)46-41/h1-26H. The number of aromatic nitrogens is 2. The molecule has 0 amide bonds. The van der Waals surface area contributed by atoms with E-state index in [0.717, 1.165) is 37.9 Å². The minimum absolute atomic E-state index is 0.912. The second-order valence-electron chi connectivity index (χ2n) is 12.1. The SMILES string of the molecule is c1ccc(-c2cccc(-c3cccc(-c4ccc5nc6sc7ccc(-c8ccc9oc%10ccccc%10c9c8)cc7n6c5c4)c3)c2)cc1. The zero-order valence-electron chi connectivity index (χ0n) is 25.2. The summed E-state index contributed by atoms with van der Waals surface area (Å²) in [5.41, 5.74) is 14.7. The summed E-state index contributed by atoms with van der Waals surface area (Å²) in [6.45, 7) is 0. The highest BCUT2D eigenvalue weighted by atomic mass is 32.1. The molecule has 0 aliphatic carbocycles. The lowest BCUT2D eigenvalue weighted by Gasteiger charge is -2.09. The van der Waals surface area contributed by atoms with Gasteiger partial charge < -0.3 is 4.42 Å². The fourth-order valence-electron chi connectivity index (χ4n) is 6.88. The highest BCUT2D eigenvalue weighted by molar-refractivity contribution is 7.23. The van der Waals surface area contributed by atoms with Crippen molar-refractivity contribution in [3.05, 3.63) is 158 Å². The van der Waals surface area contributed by atoms with Crippen LogP contribution >= 0.6 is 11.3 Å². The van der Waals surface area contributed by atoms with Gasteiger partial charge in [0.15, 0.2) is 4.96 Å². The summed E-state index contributed by atoms with van der Waals surface area (Å²) in [6, 6.07) is 56.3. The molecule has 0 bridgehead atoms. The van der Waals surface area contributed by atoms with Crippen LogP contribution in [0, 0.1) is 0 Å². The first-order valence-electron chi connectivity index (χ1n) is 15.8. The molecule has 0 aliphatic heterocycles. The topological polar surface area (TPSA) is 30.4 Å². The molecule has 0 saturated heterocycles. The van der Waals surface area contributed by atoms with Gasteiger partial charge in [-0.05, 0) is 99.1 Å². The summed E-state index contributed by atoms with van der Waals surface area (Å²) in [5.74, 6) is 0. The van der Waals surface area contributed by atoms with Crippen molar-refractivity contribution in [1.29, 1.82) is 0 Å². The summed E-state index contributed by atoms with van der Waals surface area (Å²) in [5, 5.41) is 2.28. The van der Waals surface area contributed by atoms with Crippen LogP contribution in [0.5, 0.6) is 0 Å². The van der Waals surface area contributed by atoms with Gasteiger partial charge in [-0.3, -0.25) is 4.40 Å². The van der Waals surface area contributed by atoms with E-state index in [1.54, 1.807) is 11.3 Å². The van der Waals surface area contributed by atoms with Crippen molar-refractivity contribution < 1.29 is 4.42 Å². The average molecular weight is 619 g/mol. The lowest BCUT2D eigenvalue weighted by molar-refractivity contribution is 0.669. The van der Waals surface area contributed by atoms with E-state index in [9.17, 15) is 0 Å². The Morgan fingerprint density at radius 3 is 1.79 bits per heavy atom. The van der Waals surface area contributed by atoms with Crippen molar-refractivity contribution in [2.45, 2.75) is 0 Å². The first-order valence-corrected chi connectivity index (χ1v) is 16.6. The maximum absolute atomic E-state index is 6.09. The lowest BCUT2D eigenvalue weighted by Crippen LogP contribution is -1.86. The molecule has 10 rings (SSSR count). The molecule has 0 atom stereocenters. The van der Waals surface area contributed by atoms with Crippen LogP contribution < -0.4 is 0 Å². The minimum Gasteiger partial charge on any atom is -0.456 e. The molecule has 47 heavy (non-hydrogen) atoms. The van der Waals surface area contributed by atoms with Gasteiger partial charge in [-0.1, -0.05) is 114 Å². The van der Waals surface area contributed by atoms with Crippen LogP contribution in [0.4, 0.5) is 0 Å². The third kappa shape index (κ3) is 4.30. The summed E-state index contributed by atoms with van der Waals surface area (Å²) in [4.78, 5) is 6.04. The largest absolute Gasteiger partial charge is 0.456 e. The molecule has 0 aliphatic rings. The summed E-state index contributed by atoms with van der Waals surface area (Å²) in [7, 11) is 0. The number of imidazole rings is 1. The molecule has 3 aromatic heterocycles. The zero-order valence-corrected chi connectivity index (χ0v) is 26.0. The van der Waals surface area contributed by atoms with Crippen LogP contribution in [-0.4, -0.2) is 9.38 Å². The number of hydrogen-bond donors (Lipinski definition) is 0. The Morgan fingerprint density at radius 1 is 0.426 bits per heavy atom. The summed E-state index contributed by atoms with van der Waals surface area (Å²) < 4.78 is 9.63. The van der Waals surface area contributed by atoms with Crippen molar-refractivity contribution in [1.82, 2.24) is 9.38 Å². The predicted molar refractivity (Wildman–Crippen MR) is 197 cm³/mol. The van der Waals surface area contributed by atoms with Crippen LogP contribution in [0.15, 0.2) is 162 Å². The molecular weight excluding hydrogens is 593 g/mol. The Balaban J connectivity index is 1.07. The van der Waals surface area contributed by atoms with Crippen LogP contribution in [0.2, 0.25) is 0 Å². The Labute approximate surface area is 274 Å². The maximum atomic E-state index is 6.09. The van der Waals surface area contributed by atoms with Crippen molar-refractivity contribution in [3.63, 3.8) is 0 Å². The highest BCUT2D eigenvalue weighted by Gasteiger charge is 2.15. The number of furan rings is 1. The molecule has 0 N–H and O–H groups in total. The van der Waals surface area contributed by atoms with Gasteiger partial charge in [0.2, 0.25) is 0 Å². The van der Waals surface area contributed by atoms with Crippen LogP contribution in [0.1, 0.15) is 0 Å². The first-order chi connectivity index (χ1) is 23.2. The van der Waals surface area contributed by atoms with Gasteiger partial charge in [0.25, 0.3) is 0 Å². The number of nitrogens with zero attached hydrogens (tertiary/aromatic N) is 2. The lowest BCUT2D eigenvalue weighted by atomic mass is 9.96. The highest BCUT2D eigenvalue weighted by Crippen LogP contribution is 2.37. The number of benzene rings is 7. The number of thiazole rings is 1. The van der Waals surface area contributed by atoms with E-state index in [4.69, 9.17) is 9.40 Å². The van der Waals surface area contributed by atoms with Crippen molar-refractivity contribution in [2.75, 3.05) is 0 Å². The first kappa shape index (κ1) is 26.3. The zero-order chi connectivity index (χ0) is 30.9. The second kappa shape index (κ2) is 10.3. The Kier molecular flexibility index (Phi) is 5.74. The molecule has 3 nitrogen and oxygen atoms in total. The molecule has 0 fully saturated rings. The molecule has 0 unspecified atom stereocenters. The van der Waals surface area contributed by atoms with E-state index in [-0.39, 0.29) is 0 Å². The number of para-hydroxylation sites is 1. The van der Waals surface area contributed by atoms with Gasteiger partial charge in [0, 0.05) is 10.8 Å². The number of hydrogen-bond acceptors (Lipinski definition) is 3. The van der Waals surface area contributed by atoms with Crippen LogP contribution in [0.25, 0.3) is 92.7 Å². The molecule has 7 aromatic carbocycles. The fraction of sp³-hybridized carbons (Fsp3) is 0. The summed E-state index contributed by atoms with van der Waals surface area (Å²) in [6.07, 6.45) is 0. The fourth-order valence-corrected chi connectivity index (χ4v) is 7.90. The second-order valence-corrected chi connectivity index (χ2v) is 13.1. The third-order valence-electron chi connectivity index (χ3n) is 9.23. The van der Waals surface area contributed by atoms with Crippen LogP contribution in [-0.2, 0) is 0 Å². The van der Waals surface area contributed by atoms with E-state index < -0.39 is 0 Å². The Hall–Kier alpha value is -5.97. The normalized spacial score (nSPS) is 11.8. The number of fused-ring (bicyclic) bond motifs is 8. The smallest absolute Gasteiger partial charge is 0.195 e. The van der Waals surface area contributed by atoms with Gasteiger partial charge in [0.1, 0.15) is 11.2 Å². The Morgan fingerprint density at radius 2 is 1.00 bits per heavy atom. The average Bonchev–Trinajstić information content (AvgIpc) is 3.81. The van der Waals surface area contributed by atoms with E-state index in [1.165, 1.54) is 54.7 Å². The molecule has 3 heterocycles. The summed E-state index contributed by atoms with van der Waals surface area (Å²) >= 11 is 1.73.